The molecule has 0 N–H and O–H groups in total. The van der Waals surface area contributed by atoms with Crippen LogP contribution in [-0.4, -0.2) is 16.9 Å². The number of Topliss-reactive ketones (excluding diaryl/α,β-unsaturated/α-hetero) is 1. The number of hydrogen-bond donors (Lipinski definition) is 0. The SMILES string of the molecule is CC(=O)c1ccc(OC(C)C(C)C)nc1. The van der Waals surface area contributed by atoms with Gasteiger partial charge in [-0.1, -0.05) is 13.8 Å². The molecule has 0 amide bonds. The smallest absolute Gasteiger partial charge is 0.213 e. The van der Waals surface area contributed by atoms with Crippen LogP contribution in [0.15, 0.2) is 18.3 Å². The minimum Gasteiger partial charge on any atom is -0.474 e. The molecule has 0 fully saturated rings. The molecule has 0 saturated carbocycles. The molecule has 0 aliphatic heterocycles. The van der Waals surface area contributed by atoms with Crippen LogP contribution in [0.3, 0.4) is 0 Å². The molecule has 0 aromatic carbocycles. The molecule has 0 bridgehead atoms. The zero-order chi connectivity index (χ0) is 11.4. The summed E-state index contributed by atoms with van der Waals surface area (Å²) in [6.07, 6.45) is 1.67. The van der Waals surface area contributed by atoms with Crippen LogP contribution in [0.25, 0.3) is 0 Å². The Morgan fingerprint density at radius 2 is 2.00 bits per heavy atom. The Balaban J connectivity index is 2.68. The van der Waals surface area contributed by atoms with Crippen LogP contribution in [0, 0.1) is 5.92 Å². The predicted octanol–water partition coefficient (Wildman–Crippen LogP) is 2.71. The fourth-order valence-corrected chi connectivity index (χ4v) is 0.985. The maximum atomic E-state index is 11.0. The first-order valence-electron chi connectivity index (χ1n) is 5.14. The maximum Gasteiger partial charge on any atom is 0.213 e. The molecular weight excluding hydrogens is 190 g/mol. The standard InChI is InChI=1S/C12H17NO2/c1-8(2)10(4)15-12-6-5-11(7-13-12)9(3)14/h5-8,10H,1-4H3. The zero-order valence-electron chi connectivity index (χ0n) is 9.65. The molecule has 1 atom stereocenters. The molecule has 1 rings (SSSR count). The molecule has 82 valence electrons. The van der Waals surface area contributed by atoms with E-state index in [1.54, 1.807) is 18.3 Å². The van der Waals surface area contributed by atoms with E-state index in [9.17, 15) is 4.79 Å². The van der Waals surface area contributed by atoms with Gasteiger partial charge in [0.25, 0.3) is 0 Å². The third kappa shape index (κ3) is 3.35. The number of hydrogen-bond acceptors (Lipinski definition) is 3. The summed E-state index contributed by atoms with van der Waals surface area (Å²) in [5, 5.41) is 0. The lowest BCUT2D eigenvalue weighted by Crippen LogP contribution is -2.19. The maximum absolute atomic E-state index is 11.0. The van der Waals surface area contributed by atoms with E-state index < -0.39 is 0 Å². The molecule has 0 aliphatic rings. The van der Waals surface area contributed by atoms with Crippen molar-refractivity contribution in [3.63, 3.8) is 0 Å². The number of nitrogens with zero attached hydrogens (tertiary/aromatic N) is 1. The third-order valence-electron chi connectivity index (χ3n) is 2.39. The van der Waals surface area contributed by atoms with Crippen LogP contribution in [-0.2, 0) is 0 Å². The summed E-state index contributed by atoms with van der Waals surface area (Å²) in [6.45, 7) is 7.71. The van der Waals surface area contributed by atoms with Crippen molar-refractivity contribution in [3.05, 3.63) is 23.9 Å². The highest BCUT2D eigenvalue weighted by Gasteiger charge is 2.09. The summed E-state index contributed by atoms with van der Waals surface area (Å²) in [5.41, 5.74) is 0.611. The quantitative estimate of drug-likeness (QED) is 0.712. The predicted molar refractivity (Wildman–Crippen MR) is 59.2 cm³/mol. The molecule has 0 saturated heterocycles. The van der Waals surface area contributed by atoms with Crippen LogP contribution >= 0.6 is 0 Å². The van der Waals surface area contributed by atoms with Crippen molar-refractivity contribution in [2.24, 2.45) is 5.92 Å². The van der Waals surface area contributed by atoms with Crippen molar-refractivity contribution in [2.45, 2.75) is 33.8 Å². The van der Waals surface area contributed by atoms with Gasteiger partial charge in [0.15, 0.2) is 5.78 Å². The topological polar surface area (TPSA) is 39.2 Å². The van der Waals surface area contributed by atoms with Gasteiger partial charge in [-0.15, -0.1) is 0 Å². The summed E-state index contributed by atoms with van der Waals surface area (Å²) in [7, 11) is 0. The second-order valence-electron chi connectivity index (χ2n) is 4.01. The highest BCUT2D eigenvalue weighted by molar-refractivity contribution is 5.93. The lowest BCUT2D eigenvalue weighted by molar-refractivity contribution is 0.101. The molecule has 15 heavy (non-hydrogen) atoms. The molecule has 1 unspecified atom stereocenters. The van der Waals surface area contributed by atoms with Crippen molar-refractivity contribution in [3.8, 4) is 5.88 Å². The summed E-state index contributed by atoms with van der Waals surface area (Å²) >= 11 is 0. The fourth-order valence-electron chi connectivity index (χ4n) is 0.985. The second-order valence-corrected chi connectivity index (χ2v) is 4.01. The Hall–Kier alpha value is -1.38. The molecule has 0 radical (unpaired) electrons. The van der Waals surface area contributed by atoms with E-state index in [4.69, 9.17) is 4.74 Å². The molecule has 0 spiro atoms. The van der Waals surface area contributed by atoms with E-state index in [1.165, 1.54) is 6.92 Å². The number of carbonyl (C=O) groups is 1. The van der Waals surface area contributed by atoms with Crippen LogP contribution < -0.4 is 4.74 Å². The minimum absolute atomic E-state index is 0.0194. The van der Waals surface area contributed by atoms with Crippen LogP contribution in [0.1, 0.15) is 38.1 Å². The van der Waals surface area contributed by atoms with Gasteiger partial charge in [-0.2, -0.15) is 0 Å². The second kappa shape index (κ2) is 4.91. The fraction of sp³-hybridized carbons (Fsp3) is 0.500. The van der Waals surface area contributed by atoms with Gasteiger partial charge in [0.2, 0.25) is 5.88 Å². The van der Waals surface area contributed by atoms with Gasteiger partial charge in [0, 0.05) is 17.8 Å². The van der Waals surface area contributed by atoms with Gasteiger partial charge in [0.05, 0.1) is 6.10 Å². The van der Waals surface area contributed by atoms with E-state index in [0.717, 1.165) is 0 Å². The number of carbonyl (C=O) groups excluding carboxylic acids is 1. The summed E-state index contributed by atoms with van der Waals surface area (Å²) < 4.78 is 5.59. The Labute approximate surface area is 90.5 Å². The Morgan fingerprint density at radius 3 is 2.40 bits per heavy atom. The van der Waals surface area contributed by atoms with Gasteiger partial charge in [-0.05, 0) is 25.8 Å². The van der Waals surface area contributed by atoms with Crippen LogP contribution in [0.5, 0.6) is 5.88 Å². The zero-order valence-corrected chi connectivity index (χ0v) is 9.65. The first-order chi connectivity index (χ1) is 7.00. The molecule has 1 aromatic heterocycles. The van der Waals surface area contributed by atoms with E-state index in [2.05, 4.69) is 18.8 Å². The first kappa shape index (κ1) is 11.7. The molecule has 1 aromatic rings. The van der Waals surface area contributed by atoms with E-state index >= 15 is 0 Å². The molecular formula is C12H17NO2. The number of aromatic nitrogens is 1. The van der Waals surface area contributed by atoms with Gasteiger partial charge in [-0.25, -0.2) is 4.98 Å². The minimum atomic E-state index is 0.0194. The molecule has 3 nitrogen and oxygen atoms in total. The van der Waals surface area contributed by atoms with Gasteiger partial charge in [-0.3, -0.25) is 4.79 Å². The largest absolute Gasteiger partial charge is 0.474 e. The van der Waals surface area contributed by atoms with Crippen molar-refractivity contribution < 1.29 is 9.53 Å². The number of rotatable bonds is 4. The van der Waals surface area contributed by atoms with Crippen molar-refractivity contribution in [2.75, 3.05) is 0 Å². The first-order valence-corrected chi connectivity index (χ1v) is 5.14. The highest BCUT2D eigenvalue weighted by atomic mass is 16.5. The van der Waals surface area contributed by atoms with E-state index in [1.807, 2.05) is 6.92 Å². The lowest BCUT2D eigenvalue weighted by atomic mass is 10.1. The summed E-state index contributed by atoms with van der Waals surface area (Å²) in [5.74, 6) is 1.03. The van der Waals surface area contributed by atoms with Crippen LogP contribution in [0.2, 0.25) is 0 Å². The molecule has 0 aliphatic carbocycles. The average Bonchev–Trinajstić information content (AvgIpc) is 2.18. The third-order valence-corrected chi connectivity index (χ3v) is 2.39. The van der Waals surface area contributed by atoms with Gasteiger partial charge >= 0.3 is 0 Å². The van der Waals surface area contributed by atoms with Crippen molar-refractivity contribution in [1.82, 2.24) is 4.98 Å². The highest BCUT2D eigenvalue weighted by Crippen LogP contribution is 2.13. The summed E-state index contributed by atoms with van der Waals surface area (Å²) in [4.78, 5) is 15.1. The van der Waals surface area contributed by atoms with Crippen LogP contribution in [0.4, 0.5) is 0 Å². The summed E-state index contributed by atoms with van der Waals surface area (Å²) in [6, 6.07) is 3.47. The normalized spacial score (nSPS) is 12.6. The van der Waals surface area contributed by atoms with E-state index in [-0.39, 0.29) is 11.9 Å². The Bertz CT molecular complexity index is 330. The Kier molecular flexibility index (Phi) is 3.83. The van der Waals surface area contributed by atoms with Crippen molar-refractivity contribution in [1.29, 1.82) is 0 Å². The molecule has 1 heterocycles. The van der Waals surface area contributed by atoms with Crippen molar-refractivity contribution >= 4 is 5.78 Å². The number of ketones is 1. The van der Waals surface area contributed by atoms with Gasteiger partial charge < -0.3 is 4.74 Å². The average molecular weight is 207 g/mol. The van der Waals surface area contributed by atoms with Gasteiger partial charge in [0.1, 0.15) is 0 Å². The lowest BCUT2D eigenvalue weighted by Gasteiger charge is -2.16. The monoisotopic (exact) mass is 207 g/mol. The number of ether oxygens (including phenoxy) is 1. The number of pyridine rings is 1. The van der Waals surface area contributed by atoms with E-state index in [0.29, 0.717) is 17.4 Å². The molecule has 3 heteroatoms. The Morgan fingerprint density at radius 1 is 1.33 bits per heavy atom.